The first-order valence-electron chi connectivity index (χ1n) is 8.88. The topological polar surface area (TPSA) is 66.5 Å². The van der Waals surface area contributed by atoms with Gasteiger partial charge in [0.1, 0.15) is 6.04 Å². The Labute approximate surface area is 176 Å². The van der Waals surface area contributed by atoms with E-state index in [1.165, 1.54) is 23.8 Å². The Morgan fingerprint density at radius 1 is 1.07 bits per heavy atom. The summed E-state index contributed by atoms with van der Waals surface area (Å²) in [6.07, 6.45) is 2.62. The second-order valence-electron chi connectivity index (χ2n) is 6.77. The van der Waals surface area contributed by atoms with Crippen molar-refractivity contribution in [1.82, 2.24) is 5.32 Å². The Bertz CT molecular complexity index is 920. The molecule has 0 saturated carbocycles. The fourth-order valence-corrected chi connectivity index (χ4v) is 4.35. The number of carbonyl (C=O) groups excluding carboxylic acids is 1. The summed E-state index contributed by atoms with van der Waals surface area (Å²) in [5, 5.41) is 3.42. The predicted molar refractivity (Wildman–Crippen MR) is 116 cm³/mol. The average molecular weight is 443 g/mol. The van der Waals surface area contributed by atoms with Crippen molar-refractivity contribution in [2.75, 3.05) is 10.6 Å². The quantitative estimate of drug-likeness (QED) is 0.662. The van der Waals surface area contributed by atoms with Crippen molar-refractivity contribution in [2.24, 2.45) is 0 Å². The normalized spacial score (nSPS) is 13.6. The smallest absolute Gasteiger partial charge is 0.243 e. The minimum absolute atomic E-state index is 0.106. The van der Waals surface area contributed by atoms with Crippen LogP contribution >= 0.6 is 23.2 Å². The van der Waals surface area contributed by atoms with E-state index in [-0.39, 0.29) is 22.7 Å². The highest BCUT2D eigenvalue weighted by atomic mass is 35.5. The third-order valence-electron chi connectivity index (χ3n) is 4.34. The summed E-state index contributed by atoms with van der Waals surface area (Å²) < 4.78 is 25.7. The minimum Gasteiger partial charge on any atom is -0.352 e. The molecule has 152 valence electrons. The first-order valence-corrected chi connectivity index (χ1v) is 11.5. The molecule has 0 spiro atoms. The van der Waals surface area contributed by atoms with Gasteiger partial charge in [-0.25, -0.2) is 8.42 Å². The van der Waals surface area contributed by atoms with E-state index in [2.05, 4.69) is 5.32 Å². The molecule has 0 saturated heterocycles. The van der Waals surface area contributed by atoms with Crippen LogP contribution in [0.5, 0.6) is 0 Å². The number of halogens is 2. The van der Waals surface area contributed by atoms with Gasteiger partial charge >= 0.3 is 0 Å². The molecule has 5 nitrogen and oxygen atoms in total. The summed E-state index contributed by atoms with van der Waals surface area (Å²) in [7, 11) is -3.71. The molecule has 28 heavy (non-hydrogen) atoms. The van der Waals surface area contributed by atoms with Crippen LogP contribution in [-0.2, 0) is 21.2 Å². The molecule has 0 bridgehead atoms. The molecule has 2 rings (SSSR count). The maximum Gasteiger partial charge on any atom is 0.243 e. The summed E-state index contributed by atoms with van der Waals surface area (Å²) in [6, 6.07) is 13.4. The minimum atomic E-state index is -3.71. The SMILES string of the molecule is C[C@H](C(=O)N[C@@H](C)CCc1ccccc1)N(c1ccc(Cl)c(Cl)c1)S(C)(=O)=O. The zero-order valence-corrected chi connectivity index (χ0v) is 18.4. The van der Waals surface area contributed by atoms with Crippen LogP contribution in [0.4, 0.5) is 5.69 Å². The van der Waals surface area contributed by atoms with Crippen molar-refractivity contribution in [1.29, 1.82) is 0 Å². The van der Waals surface area contributed by atoms with Gasteiger partial charge in [-0.15, -0.1) is 0 Å². The van der Waals surface area contributed by atoms with Crippen molar-refractivity contribution in [2.45, 2.75) is 38.8 Å². The van der Waals surface area contributed by atoms with Crippen LogP contribution in [0.1, 0.15) is 25.8 Å². The molecule has 0 fully saturated rings. The number of carbonyl (C=O) groups is 1. The van der Waals surface area contributed by atoms with Gasteiger partial charge < -0.3 is 5.32 Å². The average Bonchev–Trinajstić information content (AvgIpc) is 2.62. The molecule has 0 aliphatic heterocycles. The van der Waals surface area contributed by atoms with Crippen LogP contribution in [0.15, 0.2) is 48.5 Å². The lowest BCUT2D eigenvalue weighted by Gasteiger charge is -2.29. The Morgan fingerprint density at radius 3 is 2.29 bits per heavy atom. The van der Waals surface area contributed by atoms with Gasteiger partial charge in [-0.3, -0.25) is 9.10 Å². The molecule has 1 N–H and O–H groups in total. The number of rotatable bonds is 8. The second-order valence-corrected chi connectivity index (χ2v) is 9.44. The van der Waals surface area contributed by atoms with Gasteiger partial charge in [0.2, 0.25) is 15.9 Å². The van der Waals surface area contributed by atoms with Crippen LogP contribution in [0.2, 0.25) is 10.0 Å². The summed E-state index contributed by atoms with van der Waals surface area (Å²) in [6.45, 7) is 3.44. The van der Waals surface area contributed by atoms with Crippen LogP contribution in [0.25, 0.3) is 0 Å². The lowest BCUT2D eigenvalue weighted by molar-refractivity contribution is -0.122. The van der Waals surface area contributed by atoms with Crippen molar-refractivity contribution >= 4 is 44.8 Å². The van der Waals surface area contributed by atoms with Crippen molar-refractivity contribution < 1.29 is 13.2 Å². The molecule has 0 aliphatic carbocycles. The van der Waals surface area contributed by atoms with Gasteiger partial charge in [-0.05, 0) is 50.5 Å². The number of sulfonamides is 1. The molecule has 8 heteroatoms. The summed E-state index contributed by atoms with van der Waals surface area (Å²) in [4.78, 5) is 12.7. The monoisotopic (exact) mass is 442 g/mol. The molecule has 2 aromatic rings. The fraction of sp³-hybridized carbons (Fsp3) is 0.350. The van der Waals surface area contributed by atoms with Crippen molar-refractivity contribution in [3.05, 3.63) is 64.1 Å². The molecule has 0 unspecified atom stereocenters. The number of hydrogen-bond acceptors (Lipinski definition) is 3. The largest absolute Gasteiger partial charge is 0.352 e. The standard InChI is InChI=1S/C20H24Cl2N2O3S/c1-14(9-10-16-7-5-4-6-8-16)23-20(25)15(2)24(28(3,26)27)17-11-12-18(21)19(22)13-17/h4-8,11-15H,9-10H2,1-3H3,(H,23,25)/t14-,15+/m0/s1. The van der Waals surface area contributed by atoms with Gasteiger partial charge in [0.25, 0.3) is 0 Å². The molecule has 0 heterocycles. The zero-order chi connectivity index (χ0) is 20.9. The number of nitrogens with one attached hydrogen (secondary N) is 1. The highest BCUT2D eigenvalue weighted by molar-refractivity contribution is 7.92. The van der Waals surface area contributed by atoms with Crippen LogP contribution < -0.4 is 9.62 Å². The molecule has 0 radical (unpaired) electrons. The number of nitrogens with zero attached hydrogens (tertiary/aromatic N) is 1. The van der Waals surface area contributed by atoms with Gasteiger partial charge in [-0.2, -0.15) is 0 Å². The maximum absolute atomic E-state index is 12.7. The molecule has 2 aromatic carbocycles. The van der Waals surface area contributed by atoms with E-state index in [1.54, 1.807) is 6.92 Å². The van der Waals surface area contributed by atoms with E-state index in [0.717, 1.165) is 23.4 Å². The van der Waals surface area contributed by atoms with E-state index in [0.29, 0.717) is 5.02 Å². The molecule has 2 atom stereocenters. The Morgan fingerprint density at radius 2 is 1.71 bits per heavy atom. The molecule has 0 aliphatic rings. The van der Waals surface area contributed by atoms with E-state index in [4.69, 9.17) is 23.2 Å². The van der Waals surface area contributed by atoms with E-state index >= 15 is 0 Å². The lowest BCUT2D eigenvalue weighted by Crippen LogP contribution is -2.50. The van der Waals surface area contributed by atoms with Crippen molar-refractivity contribution in [3.8, 4) is 0 Å². The first kappa shape index (κ1) is 22.5. The maximum atomic E-state index is 12.7. The molecule has 1 amide bonds. The summed E-state index contributed by atoms with van der Waals surface area (Å²) in [5.41, 5.74) is 1.47. The predicted octanol–water partition coefficient (Wildman–Crippen LogP) is 4.29. The van der Waals surface area contributed by atoms with E-state index in [9.17, 15) is 13.2 Å². The summed E-state index contributed by atoms with van der Waals surface area (Å²) >= 11 is 11.9. The van der Waals surface area contributed by atoms with Crippen molar-refractivity contribution in [3.63, 3.8) is 0 Å². The van der Waals surface area contributed by atoms with Crippen LogP contribution in [-0.4, -0.2) is 32.7 Å². The second kappa shape index (κ2) is 9.63. The molecular weight excluding hydrogens is 419 g/mol. The molecular formula is C20H24Cl2N2O3S. The highest BCUT2D eigenvalue weighted by Crippen LogP contribution is 2.29. The molecule has 0 aromatic heterocycles. The van der Waals surface area contributed by atoms with Gasteiger partial charge in [0.05, 0.1) is 22.0 Å². The van der Waals surface area contributed by atoms with Gasteiger partial charge in [0.15, 0.2) is 0 Å². The van der Waals surface area contributed by atoms with E-state index < -0.39 is 16.1 Å². The Hall–Kier alpha value is -1.76. The zero-order valence-electron chi connectivity index (χ0n) is 16.0. The number of benzene rings is 2. The summed E-state index contributed by atoms with van der Waals surface area (Å²) in [5.74, 6) is -0.378. The van der Waals surface area contributed by atoms with E-state index in [1.807, 2.05) is 37.3 Å². The Kier molecular flexibility index (Phi) is 7.75. The lowest BCUT2D eigenvalue weighted by atomic mass is 10.1. The number of aryl methyl sites for hydroxylation is 1. The third-order valence-corrected chi connectivity index (χ3v) is 6.32. The number of amides is 1. The number of hydrogen-bond donors (Lipinski definition) is 1. The first-order chi connectivity index (χ1) is 13.1. The highest BCUT2D eigenvalue weighted by Gasteiger charge is 2.30. The fourth-order valence-electron chi connectivity index (χ4n) is 2.89. The Balaban J connectivity index is 2.09. The van der Waals surface area contributed by atoms with Gasteiger partial charge in [0, 0.05) is 6.04 Å². The van der Waals surface area contributed by atoms with Crippen LogP contribution in [0, 0.1) is 0 Å². The number of anilines is 1. The van der Waals surface area contributed by atoms with Gasteiger partial charge in [-0.1, -0.05) is 53.5 Å². The van der Waals surface area contributed by atoms with Crippen LogP contribution in [0.3, 0.4) is 0 Å². The third kappa shape index (κ3) is 6.12.